The summed E-state index contributed by atoms with van der Waals surface area (Å²) in [5.74, 6) is 1.84. The van der Waals surface area contributed by atoms with Crippen LogP contribution in [0.4, 0.5) is 17.1 Å². The van der Waals surface area contributed by atoms with Gasteiger partial charge in [-0.15, -0.1) is 11.3 Å². The van der Waals surface area contributed by atoms with E-state index in [9.17, 15) is 0 Å². The highest BCUT2D eigenvalue weighted by Gasteiger charge is 2.51. The molecule has 0 amide bonds. The summed E-state index contributed by atoms with van der Waals surface area (Å²) in [5, 5.41) is 4.87. The molecule has 0 saturated carbocycles. The lowest BCUT2D eigenvalue weighted by molar-refractivity contribution is 0.442. The molecular weight excluding hydrogens is 771 g/mol. The molecule has 2 heterocycles. The summed E-state index contributed by atoms with van der Waals surface area (Å²) >= 11 is 1.86. The first-order valence-corrected chi connectivity index (χ1v) is 22.1. The van der Waals surface area contributed by atoms with Gasteiger partial charge in [0.1, 0.15) is 11.5 Å². The van der Waals surface area contributed by atoms with Crippen LogP contribution in [0, 0.1) is 0 Å². The topological polar surface area (TPSA) is 12.5 Å². The summed E-state index contributed by atoms with van der Waals surface area (Å²) in [4.78, 5) is 2.46. The average molecular weight is 808 g/mol. The van der Waals surface area contributed by atoms with Crippen LogP contribution in [-0.4, -0.2) is 0 Å². The van der Waals surface area contributed by atoms with E-state index >= 15 is 0 Å². The number of fused-ring (bicyclic) bond motifs is 14. The second-order valence-corrected chi connectivity index (χ2v) is 17.4. The van der Waals surface area contributed by atoms with E-state index < -0.39 is 5.41 Å². The Morgan fingerprint density at radius 1 is 0.387 bits per heavy atom. The summed E-state index contributed by atoms with van der Waals surface area (Å²) in [6.07, 6.45) is 0. The molecule has 0 N–H and O–H groups in total. The molecule has 290 valence electrons. The van der Waals surface area contributed by atoms with Crippen molar-refractivity contribution in [3.63, 3.8) is 0 Å². The van der Waals surface area contributed by atoms with Gasteiger partial charge in [-0.25, -0.2) is 0 Å². The fraction of sp³-hybridized carbons (Fsp3) is 0.0169. The van der Waals surface area contributed by atoms with Crippen LogP contribution in [0.3, 0.4) is 0 Å². The summed E-state index contributed by atoms with van der Waals surface area (Å²) in [6, 6.07) is 82.1. The van der Waals surface area contributed by atoms with Gasteiger partial charge in [0.05, 0.1) is 21.5 Å². The minimum Gasteiger partial charge on any atom is -0.456 e. The number of nitrogens with zero attached hydrogens (tertiary/aromatic N) is 1. The maximum Gasteiger partial charge on any atom is 0.140 e. The zero-order chi connectivity index (χ0) is 40.8. The fourth-order valence-electron chi connectivity index (χ4n) is 10.5. The Balaban J connectivity index is 1.000. The van der Waals surface area contributed by atoms with Crippen molar-refractivity contribution in [3.8, 4) is 44.9 Å². The quantitative estimate of drug-likeness (QED) is 0.172. The highest BCUT2D eigenvalue weighted by atomic mass is 32.1. The Morgan fingerprint density at radius 2 is 1.05 bits per heavy atom. The van der Waals surface area contributed by atoms with E-state index in [4.69, 9.17) is 4.74 Å². The second kappa shape index (κ2) is 13.7. The molecule has 1 aliphatic heterocycles. The van der Waals surface area contributed by atoms with Crippen molar-refractivity contribution in [3.05, 3.63) is 247 Å². The highest BCUT2D eigenvalue weighted by molar-refractivity contribution is 7.26. The Morgan fingerprint density at radius 3 is 1.94 bits per heavy atom. The minimum absolute atomic E-state index is 0.559. The molecule has 2 aliphatic rings. The molecule has 1 aliphatic carbocycles. The molecule has 1 aromatic heterocycles. The molecule has 0 radical (unpaired) electrons. The molecule has 11 aromatic rings. The molecular formula is C59H37NOS. The number of ether oxygens (including phenoxy) is 1. The normalized spacial score (nSPS) is 14.6. The van der Waals surface area contributed by atoms with E-state index in [1.54, 1.807) is 0 Å². The van der Waals surface area contributed by atoms with Gasteiger partial charge >= 0.3 is 0 Å². The van der Waals surface area contributed by atoms with Crippen molar-refractivity contribution in [2.24, 2.45) is 0 Å². The first-order valence-electron chi connectivity index (χ1n) is 21.2. The maximum absolute atomic E-state index is 6.91. The minimum atomic E-state index is -0.559. The van der Waals surface area contributed by atoms with Crippen LogP contribution in [-0.2, 0) is 5.41 Å². The Bertz CT molecular complexity index is 3570. The molecule has 2 nitrogen and oxygen atoms in total. The van der Waals surface area contributed by atoms with Gasteiger partial charge in [0.25, 0.3) is 0 Å². The van der Waals surface area contributed by atoms with E-state index in [0.717, 1.165) is 33.8 Å². The molecule has 1 spiro atoms. The number of benzene rings is 10. The first kappa shape index (κ1) is 35.1. The zero-order valence-electron chi connectivity index (χ0n) is 33.6. The number of rotatable bonds is 5. The van der Waals surface area contributed by atoms with Crippen LogP contribution >= 0.6 is 11.3 Å². The van der Waals surface area contributed by atoms with Crippen LogP contribution in [0.5, 0.6) is 11.5 Å². The maximum atomic E-state index is 6.91. The average Bonchev–Trinajstić information content (AvgIpc) is 3.87. The predicted octanol–water partition coefficient (Wildman–Crippen LogP) is 16.5. The Hall–Kier alpha value is -7.72. The van der Waals surface area contributed by atoms with Gasteiger partial charge in [-0.1, -0.05) is 182 Å². The number of para-hydroxylation sites is 2. The first-order chi connectivity index (χ1) is 30.8. The molecule has 1 unspecified atom stereocenters. The lowest BCUT2D eigenvalue weighted by Gasteiger charge is -2.40. The predicted molar refractivity (Wildman–Crippen MR) is 260 cm³/mol. The van der Waals surface area contributed by atoms with Crippen LogP contribution in [0.1, 0.15) is 22.3 Å². The van der Waals surface area contributed by atoms with Crippen molar-refractivity contribution >= 4 is 59.3 Å². The van der Waals surface area contributed by atoms with Gasteiger partial charge in [0, 0.05) is 43.2 Å². The Labute approximate surface area is 364 Å². The standard InChI is InChI=1S/C59H37NOS/c1-2-15-39(16-3-1)43-18-7-11-25-53(43)60(54-26-14-22-48-47-21-8-13-28-56(47)62-58(48)54)42-33-29-38(30-34-42)41-31-35-46-45-20-6-9-23-49(45)59(52(46)37-41)50-24-10-12-27-55(50)61-57-44-19-5-4-17-40(44)32-36-51(57)59/h1-37H. The second-order valence-electron chi connectivity index (χ2n) is 16.3. The summed E-state index contributed by atoms with van der Waals surface area (Å²) < 4.78 is 9.47. The smallest absolute Gasteiger partial charge is 0.140 e. The van der Waals surface area contributed by atoms with Gasteiger partial charge in [0.2, 0.25) is 0 Å². The summed E-state index contributed by atoms with van der Waals surface area (Å²) in [5.41, 5.74) is 15.0. The SMILES string of the molecule is c1ccc(-c2ccccc2N(c2ccc(-c3ccc4c(c3)C3(c5ccccc5Oc5c3ccc3ccccc53)c3ccccc3-4)cc2)c2cccc3c2sc2ccccc23)cc1. The van der Waals surface area contributed by atoms with Gasteiger partial charge in [-0.2, -0.15) is 0 Å². The molecule has 3 heteroatoms. The molecule has 0 saturated heterocycles. The molecule has 0 bridgehead atoms. The van der Waals surface area contributed by atoms with Crippen molar-refractivity contribution < 1.29 is 4.74 Å². The lowest BCUT2D eigenvalue weighted by Crippen LogP contribution is -2.32. The lowest BCUT2D eigenvalue weighted by atomic mass is 9.65. The van der Waals surface area contributed by atoms with Gasteiger partial charge in [0.15, 0.2) is 0 Å². The molecule has 62 heavy (non-hydrogen) atoms. The van der Waals surface area contributed by atoms with Crippen LogP contribution < -0.4 is 9.64 Å². The van der Waals surface area contributed by atoms with Crippen LogP contribution in [0.15, 0.2) is 224 Å². The van der Waals surface area contributed by atoms with Crippen LogP contribution in [0.25, 0.3) is 64.3 Å². The van der Waals surface area contributed by atoms with E-state index in [0.29, 0.717) is 0 Å². The molecule has 0 fully saturated rings. The van der Waals surface area contributed by atoms with Crippen molar-refractivity contribution in [1.82, 2.24) is 0 Å². The third kappa shape index (κ3) is 5.03. The number of hydrogen-bond acceptors (Lipinski definition) is 3. The van der Waals surface area contributed by atoms with Crippen molar-refractivity contribution in [2.75, 3.05) is 4.90 Å². The van der Waals surface area contributed by atoms with Crippen LogP contribution in [0.2, 0.25) is 0 Å². The Kier molecular flexibility index (Phi) is 7.72. The number of thiophene rings is 1. The molecule has 10 aromatic carbocycles. The molecule has 1 atom stereocenters. The monoisotopic (exact) mass is 807 g/mol. The third-order valence-corrected chi connectivity index (χ3v) is 14.4. The van der Waals surface area contributed by atoms with Crippen molar-refractivity contribution in [1.29, 1.82) is 0 Å². The third-order valence-electron chi connectivity index (χ3n) is 13.1. The summed E-state index contributed by atoms with van der Waals surface area (Å²) in [7, 11) is 0. The van der Waals surface area contributed by atoms with Gasteiger partial charge < -0.3 is 9.64 Å². The van der Waals surface area contributed by atoms with E-state index in [1.807, 2.05) is 11.3 Å². The summed E-state index contributed by atoms with van der Waals surface area (Å²) in [6.45, 7) is 0. The van der Waals surface area contributed by atoms with E-state index in [-0.39, 0.29) is 0 Å². The van der Waals surface area contributed by atoms with Gasteiger partial charge in [-0.05, 0) is 86.8 Å². The molecule has 13 rings (SSSR count). The van der Waals surface area contributed by atoms with Crippen molar-refractivity contribution in [2.45, 2.75) is 5.41 Å². The highest BCUT2D eigenvalue weighted by Crippen LogP contribution is 2.63. The number of anilines is 3. The van der Waals surface area contributed by atoms with Gasteiger partial charge in [-0.3, -0.25) is 0 Å². The van der Waals surface area contributed by atoms with E-state index in [2.05, 4.69) is 229 Å². The fourth-order valence-corrected chi connectivity index (χ4v) is 11.7. The zero-order valence-corrected chi connectivity index (χ0v) is 34.4. The van der Waals surface area contributed by atoms with E-state index in [1.165, 1.54) is 81.3 Å². The number of hydrogen-bond donors (Lipinski definition) is 0. The largest absolute Gasteiger partial charge is 0.456 e.